The van der Waals surface area contributed by atoms with E-state index in [-0.39, 0.29) is 11.2 Å². The van der Waals surface area contributed by atoms with Gasteiger partial charge < -0.3 is 15.2 Å². The molecule has 4 heteroatoms. The summed E-state index contributed by atoms with van der Waals surface area (Å²) >= 11 is 0. The van der Waals surface area contributed by atoms with Gasteiger partial charge in [-0.05, 0) is 56.3 Å². The van der Waals surface area contributed by atoms with E-state index in [1.165, 1.54) is 0 Å². The second-order valence-corrected chi connectivity index (χ2v) is 7.00. The van der Waals surface area contributed by atoms with Crippen molar-refractivity contribution in [2.75, 3.05) is 18.9 Å². The monoisotopic (exact) mass is 379 g/mol. The van der Waals surface area contributed by atoms with E-state index in [1.807, 2.05) is 32.1 Å². The molecule has 28 heavy (non-hydrogen) atoms. The number of anilines is 1. The molecule has 0 aromatic heterocycles. The SMILES string of the molecule is C=CC(C)(C)c1cc(C=CC(=O)c2ccc(N)cc2)c(OCC)cc1OCC. The molecule has 2 N–H and O–H groups in total. The Hall–Kier alpha value is -3.01. The van der Waals surface area contributed by atoms with Crippen LogP contribution in [0.4, 0.5) is 5.69 Å². The summed E-state index contributed by atoms with van der Waals surface area (Å²) in [5, 5.41) is 0. The van der Waals surface area contributed by atoms with Gasteiger partial charge in [0.05, 0.1) is 13.2 Å². The van der Waals surface area contributed by atoms with Gasteiger partial charge in [-0.25, -0.2) is 0 Å². The van der Waals surface area contributed by atoms with Gasteiger partial charge in [-0.3, -0.25) is 4.79 Å². The van der Waals surface area contributed by atoms with Gasteiger partial charge in [-0.2, -0.15) is 0 Å². The Labute approximate surface area is 167 Å². The fraction of sp³-hybridized carbons (Fsp3) is 0.292. The first-order valence-corrected chi connectivity index (χ1v) is 9.48. The van der Waals surface area contributed by atoms with Crippen molar-refractivity contribution in [3.8, 4) is 11.5 Å². The summed E-state index contributed by atoms with van der Waals surface area (Å²) in [4.78, 5) is 12.5. The van der Waals surface area contributed by atoms with Crippen molar-refractivity contribution >= 4 is 17.5 Å². The largest absolute Gasteiger partial charge is 0.493 e. The smallest absolute Gasteiger partial charge is 0.185 e. The number of benzene rings is 2. The maximum Gasteiger partial charge on any atom is 0.185 e. The van der Waals surface area contributed by atoms with Gasteiger partial charge in [-0.1, -0.05) is 19.9 Å². The molecular formula is C24H29NO3. The number of ether oxygens (including phenoxy) is 2. The highest BCUT2D eigenvalue weighted by Gasteiger charge is 2.23. The van der Waals surface area contributed by atoms with E-state index in [0.29, 0.717) is 30.2 Å². The lowest BCUT2D eigenvalue weighted by Crippen LogP contribution is -2.16. The molecule has 0 radical (unpaired) electrons. The summed E-state index contributed by atoms with van der Waals surface area (Å²) in [6.07, 6.45) is 5.22. The average molecular weight is 380 g/mol. The van der Waals surface area contributed by atoms with Gasteiger partial charge in [0.2, 0.25) is 0 Å². The van der Waals surface area contributed by atoms with Crippen LogP contribution in [0.25, 0.3) is 6.08 Å². The quantitative estimate of drug-likeness (QED) is 0.273. The Morgan fingerprint density at radius 3 is 2.25 bits per heavy atom. The summed E-state index contributed by atoms with van der Waals surface area (Å²) < 4.78 is 11.6. The molecule has 0 saturated heterocycles. The first-order chi connectivity index (χ1) is 13.3. The van der Waals surface area contributed by atoms with E-state index in [4.69, 9.17) is 15.2 Å². The summed E-state index contributed by atoms with van der Waals surface area (Å²) in [5.74, 6) is 1.34. The molecule has 0 aliphatic carbocycles. The normalized spacial score (nSPS) is 11.4. The number of hydrogen-bond donors (Lipinski definition) is 1. The standard InChI is InChI=1S/C24H29NO3/c1-6-24(4,5)20-15-18(22(27-7-2)16-23(20)28-8-3)11-14-21(26)17-9-12-19(25)13-10-17/h6,9-16H,1,7-8,25H2,2-5H3. The first-order valence-electron chi connectivity index (χ1n) is 9.48. The van der Waals surface area contributed by atoms with Crippen LogP contribution in [0.5, 0.6) is 11.5 Å². The number of ketones is 1. The number of hydrogen-bond acceptors (Lipinski definition) is 4. The second kappa shape index (κ2) is 9.27. The van der Waals surface area contributed by atoms with E-state index in [9.17, 15) is 4.79 Å². The van der Waals surface area contributed by atoms with Gasteiger partial charge in [0, 0.05) is 33.9 Å². The van der Waals surface area contributed by atoms with Crippen LogP contribution in [-0.2, 0) is 5.41 Å². The van der Waals surface area contributed by atoms with Crippen LogP contribution in [0.15, 0.2) is 55.1 Å². The fourth-order valence-corrected chi connectivity index (χ4v) is 2.79. The summed E-state index contributed by atoms with van der Waals surface area (Å²) in [6, 6.07) is 10.8. The number of rotatable bonds is 9. The lowest BCUT2D eigenvalue weighted by molar-refractivity contribution is 0.104. The van der Waals surface area contributed by atoms with Crippen molar-refractivity contribution in [2.45, 2.75) is 33.1 Å². The third-order valence-electron chi connectivity index (χ3n) is 4.53. The number of nitrogen functional groups attached to an aromatic ring is 1. The minimum absolute atomic E-state index is 0.0964. The van der Waals surface area contributed by atoms with Gasteiger partial charge in [0.15, 0.2) is 5.78 Å². The lowest BCUT2D eigenvalue weighted by atomic mass is 9.83. The fourth-order valence-electron chi connectivity index (χ4n) is 2.79. The predicted octanol–water partition coefficient (Wildman–Crippen LogP) is 5.43. The maximum atomic E-state index is 12.5. The first kappa shape index (κ1) is 21.3. The average Bonchev–Trinajstić information content (AvgIpc) is 2.68. The molecule has 0 heterocycles. The van der Waals surface area contributed by atoms with Crippen molar-refractivity contribution in [1.29, 1.82) is 0 Å². The second-order valence-electron chi connectivity index (χ2n) is 7.00. The molecule has 2 aromatic rings. The van der Waals surface area contributed by atoms with Crippen LogP contribution in [0, 0.1) is 0 Å². The summed E-state index contributed by atoms with van der Waals surface area (Å²) in [6.45, 7) is 13.0. The van der Waals surface area contributed by atoms with Crippen LogP contribution in [0.3, 0.4) is 0 Å². The molecular weight excluding hydrogens is 350 g/mol. The highest BCUT2D eigenvalue weighted by Crippen LogP contribution is 2.38. The minimum Gasteiger partial charge on any atom is -0.493 e. The Bertz CT molecular complexity index is 864. The van der Waals surface area contributed by atoms with Crippen LogP contribution in [0.1, 0.15) is 49.2 Å². The van der Waals surface area contributed by atoms with Crippen molar-refractivity contribution in [1.82, 2.24) is 0 Å². The van der Waals surface area contributed by atoms with E-state index >= 15 is 0 Å². The molecule has 0 unspecified atom stereocenters. The number of carbonyl (C=O) groups is 1. The third kappa shape index (κ3) is 5.03. The topological polar surface area (TPSA) is 61.6 Å². The molecule has 0 aliphatic rings. The molecule has 0 atom stereocenters. The maximum absolute atomic E-state index is 12.5. The zero-order valence-electron chi connectivity index (χ0n) is 17.1. The molecule has 0 aliphatic heterocycles. The zero-order valence-corrected chi connectivity index (χ0v) is 17.1. The zero-order chi connectivity index (χ0) is 20.7. The number of carbonyl (C=O) groups excluding carboxylic acids is 1. The van der Waals surface area contributed by atoms with E-state index in [1.54, 1.807) is 36.4 Å². The van der Waals surface area contributed by atoms with Gasteiger partial charge in [0.1, 0.15) is 11.5 Å². The van der Waals surface area contributed by atoms with Crippen molar-refractivity contribution in [3.05, 3.63) is 71.8 Å². The molecule has 2 aromatic carbocycles. The Kier molecular flexibility index (Phi) is 7.05. The summed E-state index contributed by atoms with van der Waals surface area (Å²) in [7, 11) is 0. The predicted molar refractivity (Wildman–Crippen MR) is 116 cm³/mol. The van der Waals surface area contributed by atoms with E-state index in [2.05, 4.69) is 20.4 Å². The van der Waals surface area contributed by atoms with Crippen molar-refractivity contribution < 1.29 is 14.3 Å². The molecule has 148 valence electrons. The van der Waals surface area contributed by atoms with Gasteiger partial charge in [-0.15, -0.1) is 6.58 Å². The summed E-state index contributed by atoms with van der Waals surface area (Å²) in [5.41, 5.74) is 8.42. The van der Waals surface area contributed by atoms with Gasteiger partial charge in [0.25, 0.3) is 0 Å². The van der Waals surface area contributed by atoms with Crippen molar-refractivity contribution in [3.63, 3.8) is 0 Å². The molecule has 0 amide bonds. The molecule has 0 bridgehead atoms. The van der Waals surface area contributed by atoms with Crippen molar-refractivity contribution in [2.24, 2.45) is 0 Å². The highest BCUT2D eigenvalue weighted by molar-refractivity contribution is 6.07. The molecule has 0 spiro atoms. The lowest BCUT2D eigenvalue weighted by Gasteiger charge is -2.25. The molecule has 0 saturated carbocycles. The van der Waals surface area contributed by atoms with E-state index in [0.717, 1.165) is 16.9 Å². The van der Waals surface area contributed by atoms with Crippen LogP contribution >= 0.6 is 0 Å². The number of nitrogens with two attached hydrogens (primary N) is 1. The Morgan fingerprint density at radius 1 is 1.07 bits per heavy atom. The van der Waals surface area contributed by atoms with E-state index < -0.39 is 0 Å². The molecule has 0 fully saturated rings. The number of allylic oxidation sites excluding steroid dienone is 2. The highest BCUT2D eigenvalue weighted by atomic mass is 16.5. The third-order valence-corrected chi connectivity index (χ3v) is 4.53. The molecule has 2 rings (SSSR count). The molecule has 4 nitrogen and oxygen atoms in total. The Balaban J connectivity index is 2.48. The van der Waals surface area contributed by atoms with Crippen LogP contribution < -0.4 is 15.2 Å². The van der Waals surface area contributed by atoms with Gasteiger partial charge >= 0.3 is 0 Å². The minimum atomic E-state index is -0.293. The van der Waals surface area contributed by atoms with Crippen LogP contribution in [0.2, 0.25) is 0 Å². The van der Waals surface area contributed by atoms with Crippen LogP contribution in [-0.4, -0.2) is 19.0 Å². The Morgan fingerprint density at radius 2 is 1.68 bits per heavy atom.